The van der Waals surface area contributed by atoms with Gasteiger partial charge in [-0.05, 0) is 57.4 Å². The SMILES string of the molecule is C=c1/c(=C\C(F)=C(/CC)N2C[C@@H](CCCO)[C@@H](CCO)C2)c(=O)c(C(=O)O)cn1C(C)C. The third-order valence-corrected chi connectivity index (χ3v) is 6.24. The second-order valence-corrected chi connectivity index (χ2v) is 8.63. The van der Waals surface area contributed by atoms with Crippen molar-refractivity contribution in [2.75, 3.05) is 26.3 Å². The molecule has 3 N–H and O–H groups in total. The van der Waals surface area contributed by atoms with Crippen molar-refractivity contribution < 1.29 is 24.5 Å². The summed E-state index contributed by atoms with van der Waals surface area (Å²) in [6.45, 7) is 10.7. The number of carbonyl (C=O) groups is 1. The molecule has 1 aliphatic heterocycles. The van der Waals surface area contributed by atoms with Gasteiger partial charge in [-0.2, -0.15) is 0 Å². The first-order valence-corrected chi connectivity index (χ1v) is 11.2. The molecule has 1 saturated heterocycles. The molecule has 1 aliphatic rings. The van der Waals surface area contributed by atoms with E-state index in [-0.39, 0.29) is 41.7 Å². The number of nitrogens with zero attached hydrogens (tertiary/aromatic N) is 2. The van der Waals surface area contributed by atoms with Gasteiger partial charge in [-0.3, -0.25) is 4.79 Å². The molecule has 0 aromatic carbocycles. The number of hydrogen-bond donors (Lipinski definition) is 3. The van der Waals surface area contributed by atoms with Crippen molar-refractivity contribution in [2.45, 2.75) is 52.5 Å². The fraction of sp³-hybridized carbons (Fsp3) is 0.583. The predicted molar refractivity (Wildman–Crippen MR) is 122 cm³/mol. The highest BCUT2D eigenvalue weighted by atomic mass is 19.1. The first-order chi connectivity index (χ1) is 15.2. The zero-order valence-corrected chi connectivity index (χ0v) is 19.2. The van der Waals surface area contributed by atoms with E-state index in [2.05, 4.69) is 6.58 Å². The summed E-state index contributed by atoms with van der Waals surface area (Å²) in [5.74, 6) is -1.52. The molecule has 2 rings (SSSR count). The highest BCUT2D eigenvalue weighted by molar-refractivity contribution is 5.87. The molecule has 8 heteroatoms. The van der Waals surface area contributed by atoms with E-state index in [1.165, 1.54) is 6.20 Å². The number of carboxylic acid groups (broad SMARTS) is 1. The van der Waals surface area contributed by atoms with Crippen LogP contribution < -0.4 is 16.0 Å². The standard InChI is InChI=1S/C24H35FN2O5/c1-5-22(26-12-17(7-6-9-28)18(13-26)8-10-29)21(25)11-19-16(4)27(15(2)3)14-20(23(19)30)24(31)32/h11,14-15,17-18,28-29H,4-10,12-13H2,1-3H3,(H,31,32)/b19-11+,22-21-/t17-,18+/m1/s1. The Morgan fingerprint density at radius 3 is 2.38 bits per heavy atom. The largest absolute Gasteiger partial charge is 0.477 e. The molecule has 0 amide bonds. The summed E-state index contributed by atoms with van der Waals surface area (Å²) in [4.78, 5) is 26.3. The third kappa shape index (κ3) is 5.66. The number of rotatable bonds is 10. The minimum absolute atomic E-state index is 0.0511. The lowest BCUT2D eigenvalue weighted by Crippen LogP contribution is -2.47. The zero-order valence-electron chi connectivity index (χ0n) is 19.2. The molecule has 2 atom stereocenters. The van der Waals surface area contributed by atoms with Crippen molar-refractivity contribution in [3.05, 3.63) is 44.1 Å². The first-order valence-electron chi connectivity index (χ1n) is 11.2. The Hall–Kier alpha value is -2.45. The second kappa shape index (κ2) is 11.4. The van der Waals surface area contributed by atoms with E-state index in [4.69, 9.17) is 0 Å². The van der Waals surface area contributed by atoms with Crippen molar-refractivity contribution >= 4 is 18.6 Å². The van der Waals surface area contributed by atoms with Crippen LogP contribution >= 0.6 is 0 Å². The van der Waals surface area contributed by atoms with Crippen molar-refractivity contribution in [1.29, 1.82) is 0 Å². The van der Waals surface area contributed by atoms with Gasteiger partial charge in [0.15, 0.2) is 0 Å². The van der Waals surface area contributed by atoms with Crippen LogP contribution in [0.5, 0.6) is 0 Å². The summed E-state index contributed by atoms with van der Waals surface area (Å²) in [5.41, 5.74) is -0.739. The van der Waals surface area contributed by atoms with Gasteiger partial charge in [0.25, 0.3) is 0 Å². The van der Waals surface area contributed by atoms with Gasteiger partial charge in [0.2, 0.25) is 5.43 Å². The number of allylic oxidation sites excluding steroid dienone is 2. The summed E-state index contributed by atoms with van der Waals surface area (Å²) in [7, 11) is 0. The Morgan fingerprint density at radius 1 is 1.25 bits per heavy atom. The van der Waals surface area contributed by atoms with Gasteiger partial charge in [-0.15, -0.1) is 0 Å². The Morgan fingerprint density at radius 2 is 1.88 bits per heavy atom. The van der Waals surface area contributed by atoms with E-state index in [1.807, 2.05) is 25.7 Å². The smallest absolute Gasteiger partial charge is 0.341 e. The predicted octanol–water partition coefficient (Wildman–Crippen LogP) is 1.61. The average molecular weight is 451 g/mol. The van der Waals surface area contributed by atoms with Crippen LogP contribution in [0.1, 0.15) is 62.9 Å². The Kier molecular flexibility index (Phi) is 9.21. The molecule has 0 saturated carbocycles. The van der Waals surface area contributed by atoms with Crippen LogP contribution in [0.25, 0.3) is 12.7 Å². The summed E-state index contributed by atoms with van der Waals surface area (Å²) >= 11 is 0. The highest BCUT2D eigenvalue weighted by Crippen LogP contribution is 2.33. The maximum atomic E-state index is 15.5. The van der Waals surface area contributed by atoms with Gasteiger partial charge in [0, 0.05) is 54.8 Å². The van der Waals surface area contributed by atoms with Crippen LogP contribution in [-0.4, -0.2) is 57.1 Å². The van der Waals surface area contributed by atoms with E-state index in [0.29, 0.717) is 38.0 Å². The van der Waals surface area contributed by atoms with Crippen LogP contribution in [0, 0.1) is 11.8 Å². The quantitative estimate of drug-likeness (QED) is 0.501. The van der Waals surface area contributed by atoms with Crippen LogP contribution in [0.4, 0.5) is 4.39 Å². The lowest BCUT2D eigenvalue weighted by atomic mass is 9.89. The topological polar surface area (TPSA) is 103 Å². The molecule has 0 radical (unpaired) electrons. The normalized spacial score (nSPS) is 20.2. The monoisotopic (exact) mass is 450 g/mol. The summed E-state index contributed by atoms with van der Waals surface area (Å²) in [5, 5.41) is 28.2. The molecule has 2 heterocycles. The molecule has 1 fully saturated rings. The van der Waals surface area contributed by atoms with Gasteiger partial charge in [-0.25, -0.2) is 9.18 Å². The molecular weight excluding hydrogens is 415 g/mol. The highest BCUT2D eigenvalue weighted by Gasteiger charge is 2.33. The molecule has 1 aromatic heterocycles. The van der Waals surface area contributed by atoms with Crippen molar-refractivity contribution in [1.82, 2.24) is 9.47 Å². The van der Waals surface area contributed by atoms with Crippen molar-refractivity contribution in [3.8, 4) is 0 Å². The maximum Gasteiger partial charge on any atom is 0.341 e. The van der Waals surface area contributed by atoms with Crippen molar-refractivity contribution in [2.24, 2.45) is 11.8 Å². The second-order valence-electron chi connectivity index (χ2n) is 8.63. The Bertz CT molecular complexity index is 1010. The number of hydrogen-bond acceptors (Lipinski definition) is 5. The number of aliphatic hydroxyl groups is 2. The van der Waals surface area contributed by atoms with Gasteiger partial charge in [-0.1, -0.05) is 13.5 Å². The number of carboxylic acids is 1. The van der Waals surface area contributed by atoms with Gasteiger partial charge >= 0.3 is 5.97 Å². The van der Waals surface area contributed by atoms with E-state index in [0.717, 1.165) is 12.5 Å². The number of aromatic carboxylic acids is 1. The molecule has 1 aromatic rings. The molecule has 0 aliphatic carbocycles. The summed E-state index contributed by atoms with van der Waals surface area (Å²) in [6, 6.07) is -0.156. The van der Waals surface area contributed by atoms with Gasteiger partial charge in [0.1, 0.15) is 11.4 Å². The molecule has 0 spiro atoms. The zero-order chi connectivity index (χ0) is 24.0. The Labute approximate surface area is 187 Å². The summed E-state index contributed by atoms with van der Waals surface area (Å²) < 4.78 is 17.1. The lowest BCUT2D eigenvalue weighted by molar-refractivity contribution is 0.0694. The van der Waals surface area contributed by atoms with Crippen LogP contribution in [0.2, 0.25) is 0 Å². The molecular formula is C24H35FN2O5. The molecule has 178 valence electrons. The minimum Gasteiger partial charge on any atom is -0.477 e. The van der Waals surface area contributed by atoms with E-state index in [1.54, 1.807) is 4.57 Å². The summed E-state index contributed by atoms with van der Waals surface area (Å²) in [6.07, 6.45) is 4.81. The number of aromatic nitrogens is 1. The molecule has 7 nitrogen and oxygen atoms in total. The fourth-order valence-electron chi connectivity index (χ4n) is 4.54. The first kappa shape index (κ1) is 25.8. The molecule has 32 heavy (non-hydrogen) atoms. The van der Waals surface area contributed by atoms with Crippen LogP contribution in [0.3, 0.4) is 0 Å². The van der Waals surface area contributed by atoms with Gasteiger partial charge in [0.05, 0.1) is 0 Å². The van der Waals surface area contributed by atoms with Crippen LogP contribution in [0.15, 0.2) is 22.5 Å². The maximum absolute atomic E-state index is 15.5. The van der Waals surface area contributed by atoms with E-state index in [9.17, 15) is 24.9 Å². The number of likely N-dealkylation sites (tertiary alicyclic amines) is 1. The number of pyridine rings is 1. The van der Waals surface area contributed by atoms with Crippen LogP contribution in [-0.2, 0) is 0 Å². The fourth-order valence-corrected chi connectivity index (χ4v) is 4.54. The number of aliphatic hydroxyl groups excluding tert-OH is 2. The van der Waals surface area contributed by atoms with E-state index >= 15 is 4.39 Å². The average Bonchev–Trinajstić information content (AvgIpc) is 3.12. The van der Waals surface area contributed by atoms with E-state index < -0.39 is 22.8 Å². The molecule has 0 unspecified atom stereocenters. The van der Waals surface area contributed by atoms with Crippen molar-refractivity contribution in [3.63, 3.8) is 0 Å². The Balaban J connectivity index is 2.57. The lowest BCUT2D eigenvalue weighted by Gasteiger charge is -2.22. The number of halogens is 1. The third-order valence-electron chi connectivity index (χ3n) is 6.24. The molecule has 0 bridgehead atoms. The minimum atomic E-state index is -1.36. The van der Waals surface area contributed by atoms with Gasteiger partial charge < -0.3 is 24.8 Å².